The van der Waals surface area contributed by atoms with Gasteiger partial charge in [0.15, 0.2) is 6.61 Å². The summed E-state index contributed by atoms with van der Waals surface area (Å²) in [5.41, 5.74) is 6.01. The minimum absolute atomic E-state index is 0.127. The number of carbonyl (C=O) groups is 1. The minimum Gasteiger partial charge on any atom is -0.484 e. The molecule has 0 fully saturated rings. The van der Waals surface area contributed by atoms with E-state index in [2.05, 4.69) is 6.07 Å². The maximum Gasteiger partial charge on any atom is 0.255 e. The molecular weight excluding hydrogens is 218 g/mol. The molecule has 5 heteroatoms. The number of ether oxygens (including phenoxy) is 1. The van der Waals surface area contributed by atoms with Crippen LogP contribution < -0.4 is 10.5 Å². The summed E-state index contributed by atoms with van der Waals surface area (Å²) in [6.45, 7) is 0.894. The Morgan fingerprint density at radius 2 is 2.35 bits per heavy atom. The van der Waals surface area contributed by atoms with Gasteiger partial charge in [0.1, 0.15) is 5.75 Å². The van der Waals surface area contributed by atoms with E-state index in [0.29, 0.717) is 18.8 Å². The van der Waals surface area contributed by atoms with Gasteiger partial charge >= 0.3 is 0 Å². The van der Waals surface area contributed by atoms with Crippen LogP contribution >= 0.6 is 0 Å². The SMILES string of the molecule is CN(CC#N)Cc1cccc(OCC(N)=O)c1. The molecule has 0 bridgehead atoms. The molecule has 2 N–H and O–H groups in total. The summed E-state index contributed by atoms with van der Waals surface area (Å²) in [5, 5.41) is 8.55. The van der Waals surface area contributed by atoms with Gasteiger partial charge in [-0.2, -0.15) is 5.26 Å². The Hall–Kier alpha value is -2.06. The Labute approximate surface area is 100 Å². The summed E-state index contributed by atoms with van der Waals surface area (Å²) in [6.07, 6.45) is 0. The molecule has 90 valence electrons. The van der Waals surface area contributed by atoms with Gasteiger partial charge in [0.05, 0.1) is 12.6 Å². The topological polar surface area (TPSA) is 79.3 Å². The highest BCUT2D eigenvalue weighted by Gasteiger charge is 2.02. The molecule has 0 aliphatic carbocycles. The fraction of sp³-hybridized carbons (Fsp3) is 0.333. The molecule has 0 aliphatic heterocycles. The van der Waals surface area contributed by atoms with E-state index in [0.717, 1.165) is 5.56 Å². The van der Waals surface area contributed by atoms with Crippen LogP contribution in [0.5, 0.6) is 5.75 Å². The van der Waals surface area contributed by atoms with Crippen LogP contribution in [0.1, 0.15) is 5.56 Å². The third kappa shape index (κ3) is 5.00. The van der Waals surface area contributed by atoms with Gasteiger partial charge in [-0.1, -0.05) is 12.1 Å². The van der Waals surface area contributed by atoms with Crippen molar-refractivity contribution in [3.63, 3.8) is 0 Å². The Bertz CT molecular complexity index is 426. The monoisotopic (exact) mass is 233 g/mol. The number of nitrogens with two attached hydrogens (primary N) is 1. The molecule has 0 aliphatic rings. The van der Waals surface area contributed by atoms with Crippen molar-refractivity contribution in [2.45, 2.75) is 6.54 Å². The fourth-order valence-corrected chi connectivity index (χ4v) is 1.38. The molecule has 0 spiro atoms. The number of benzene rings is 1. The van der Waals surface area contributed by atoms with Crippen molar-refractivity contribution >= 4 is 5.91 Å². The standard InChI is InChI=1S/C12H15N3O2/c1-15(6-5-13)8-10-3-2-4-11(7-10)17-9-12(14)16/h2-4,7H,6,8-9H2,1H3,(H2,14,16). The van der Waals surface area contributed by atoms with Crippen LogP contribution in [0.3, 0.4) is 0 Å². The van der Waals surface area contributed by atoms with Crippen LogP contribution in [-0.2, 0) is 11.3 Å². The zero-order chi connectivity index (χ0) is 12.7. The van der Waals surface area contributed by atoms with Crippen LogP contribution in [0.2, 0.25) is 0 Å². The number of amides is 1. The Morgan fingerprint density at radius 1 is 1.59 bits per heavy atom. The number of nitriles is 1. The zero-order valence-corrected chi connectivity index (χ0v) is 9.72. The third-order valence-corrected chi connectivity index (χ3v) is 2.07. The highest BCUT2D eigenvalue weighted by atomic mass is 16.5. The van der Waals surface area contributed by atoms with Crippen LogP contribution in [-0.4, -0.2) is 31.0 Å². The predicted octanol–water partition coefficient (Wildman–Crippen LogP) is 0.506. The molecule has 1 aromatic rings. The lowest BCUT2D eigenvalue weighted by Crippen LogP contribution is -2.20. The van der Waals surface area contributed by atoms with E-state index in [1.165, 1.54) is 0 Å². The predicted molar refractivity (Wildman–Crippen MR) is 63.1 cm³/mol. The summed E-state index contributed by atoms with van der Waals surface area (Å²) in [7, 11) is 1.86. The van der Waals surface area contributed by atoms with Crippen LogP contribution in [0, 0.1) is 11.3 Å². The second kappa shape index (κ2) is 6.51. The Balaban J connectivity index is 2.59. The van der Waals surface area contributed by atoms with Crippen LogP contribution in [0.15, 0.2) is 24.3 Å². The van der Waals surface area contributed by atoms with E-state index in [1.54, 1.807) is 6.07 Å². The fourth-order valence-electron chi connectivity index (χ4n) is 1.38. The van der Waals surface area contributed by atoms with Crippen molar-refractivity contribution in [3.05, 3.63) is 29.8 Å². The average Bonchev–Trinajstić information content (AvgIpc) is 2.27. The van der Waals surface area contributed by atoms with Crippen molar-refractivity contribution in [1.29, 1.82) is 5.26 Å². The summed E-state index contributed by atoms with van der Waals surface area (Å²) in [5.74, 6) is 0.101. The summed E-state index contributed by atoms with van der Waals surface area (Å²) in [4.78, 5) is 12.5. The normalized spacial score (nSPS) is 9.94. The molecule has 0 heterocycles. The van der Waals surface area contributed by atoms with Crippen molar-refractivity contribution in [2.24, 2.45) is 5.73 Å². The van der Waals surface area contributed by atoms with Gasteiger partial charge < -0.3 is 10.5 Å². The molecule has 0 radical (unpaired) electrons. The lowest BCUT2D eigenvalue weighted by atomic mass is 10.2. The van der Waals surface area contributed by atoms with Gasteiger partial charge in [0, 0.05) is 6.54 Å². The van der Waals surface area contributed by atoms with Crippen LogP contribution in [0.4, 0.5) is 0 Å². The number of carbonyl (C=O) groups excluding carboxylic acids is 1. The van der Waals surface area contributed by atoms with Gasteiger partial charge in [-0.05, 0) is 24.7 Å². The smallest absolute Gasteiger partial charge is 0.255 e. The van der Waals surface area contributed by atoms with E-state index >= 15 is 0 Å². The molecule has 0 aromatic heterocycles. The van der Waals surface area contributed by atoms with Gasteiger partial charge in [-0.15, -0.1) is 0 Å². The first kappa shape index (κ1) is 13.0. The summed E-state index contributed by atoms with van der Waals surface area (Å²) < 4.78 is 5.19. The van der Waals surface area contributed by atoms with Crippen molar-refractivity contribution in [3.8, 4) is 11.8 Å². The van der Waals surface area contributed by atoms with Gasteiger partial charge in [0.2, 0.25) is 0 Å². The number of hydrogen-bond donors (Lipinski definition) is 1. The van der Waals surface area contributed by atoms with Gasteiger partial charge in [0.25, 0.3) is 5.91 Å². The lowest BCUT2D eigenvalue weighted by molar-refractivity contribution is -0.119. The minimum atomic E-state index is -0.503. The van der Waals surface area contributed by atoms with Gasteiger partial charge in [-0.25, -0.2) is 0 Å². The number of primary amides is 1. The Kier molecular flexibility index (Phi) is 4.98. The number of rotatable bonds is 6. The average molecular weight is 233 g/mol. The Morgan fingerprint density at radius 3 is 3.00 bits per heavy atom. The molecule has 0 atom stereocenters. The molecule has 0 saturated heterocycles. The van der Waals surface area contributed by atoms with Gasteiger partial charge in [-0.3, -0.25) is 9.69 Å². The summed E-state index contributed by atoms with van der Waals surface area (Å²) >= 11 is 0. The number of hydrogen-bond acceptors (Lipinski definition) is 4. The lowest BCUT2D eigenvalue weighted by Gasteiger charge is -2.13. The number of nitrogens with zero attached hydrogens (tertiary/aromatic N) is 2. The van der Waals surface area contributed by atoms with Crippen molar-refractivity contribution < 1.29 is 9.53 Å². The molecule has 1 rings (SSSR count). The molecule has 1 amide bonds. The molecule has 0 unspecified atom stereocenters. The van der Waals surface area contributed by atoms with Crippen LogP contribution in [0.25, 0.3) is 0 Å². The van der Waals surface area contributed by atoms with E-state index in [-0.39, 0.29) is 6.61 Å². The van der Waals surface area contributed by atoms with Crippen molar-refractivity contribution in [2.75, 3.05) is 20.2 Å². The zero-order valence-electron chi connectivity index (χ0n) is 9.72. The second-order valence-electron chi connectivity index (χ2n) is 3.73. The third-order valence-electron chi connectivity index (χ3n) is 2.07. The quantitative estimate of drug-likeness (QED) is 0.726. The van der Waals surface area contributed by atoms with Crippen molar-refractivity contribution in [1.82, 2.24) is 4.90 Å². The highest BCUT2D eigenvalue weighted by Crippen LogP contribution is 2.14. The first-order valence-corrected chi connectivity index (χ1v) is 5.17. The van der Waals surface area contributed by atoms with E-state index in [1.807, 2.05) is 30.1 Å². The molecule has 1 aromatic carbocycles. The highest BCUT2D eigenvalue weighted by molar-refractivity contribution is 5.75. The van der Waals surface area contributed by atoms with E-state index in [4.69, 9.17) is 15.7 Å². The maximum absolute atomic E-state index is 10.6. The maximum atomic E-state index is 10.6. The largest absolute Gasteiger partial charge is 0.484 e. The van der Waals surface area contributed by atoms with E-state index in [9.17, 15) is 4.79 Å². The molecular formula is C12H15N3O2. The first-order valence-electron chi connectivity index (χ1n) is 5.17. The summed E-state index contributed by atoms with van der Waals surface area (Å²) in [6, 6.07) is 9.44. The van der Waals surface area contributed by atoms with E-state index < -0.39 is 5.91 Å². The molecule has 5 nitrogen and oxygen atoms in total. The molecule has 17 heavy (non-hydrogen) atoms. The molecule has 0 saturated carbocycles. The first-order chi connectivity index (χ1) is 8.11. The second-order valence-corrected chi connectivity index (χ2v) is 3.73.